The summed E-state index contributed by atoms with van der Waals surface area (Å²) >= 11 is 0. The Labute approximate surface area is 59.9 Å². The van der Waals surface area contributed by atoms with E-state index in [1.165, 1.54) is 11.1 Å². The SMILES string of the molecule is C1CC([SiH2]C2CCC2)C1. The predicted molar refractivity (Wildman–Crippen MR) is 43.7 cm³/mol. The van der Waals surface area contributed by atoms with Gasteiger partial charge in [-0.1, -0.05) is 49.6 Å². The Morgan fingerprint density at radius 1 is 0.778 bits per heavy atom. The van der Waals surface area contributed by atoms with Crippen LogP contribution in [0.3, 0.4) is 0 Å². The van der Waals surface area contributed by atoms with Gasteiger partial charge in [-0.25, -0.2) is 0 Å². The van der Waals surface area contributed by atoms with E-state index < -0.39 is 0 Å². The lowest BCUT2D eigenvalue weighted by Gasteiger charge is -2.33. The molecule has 52 valence electrons. The molecule has 0 bridgehead atoms. The van der Waals surface area contributed by atoms with Crippen LogP contribution in [0, 0.1) is 0 Å². The molecule has 0 heterocycles. The maximum atomic E-state index is 1.61. The Kier molecular flexibility index (Phi) is 1.62. The van der Waals surface area contributed by atoms with Crippen LogP contribution in [-0.4, -0.2) is 9.52 Å². The van der Waals surface area contributed by atoms with Crippen LogP contribution in [0.2, 0.25) is 11.1 Å². The van der Waals surface area contributed by atoms with Crippen molar-refractivity contribution in [1.82, 2.24) is 0 Å². The molecule has 0 aromatic carbocycles. The molecule has 0 aromatic rings. The highest BCUT2D eigenvalue weighted by molar-refractivity contribution is 6.40. The first-order valence-corrected chi connectivity index (χ1v) is 6.08. The summed E-state index contributed by atoms with van der Waals surface area (Å²) in [6, 6.07) is 0. The minimum atomic E-state index is 0.434. The van der Waals surface area contributed by atoms with Crippen LogP contribution in [0.5, 0.6) is 0 Å². The van der Waals surface area contributed by atoms with Crippen molar-refractivity contribution in [2.45, 2.75) is 49.6 Å². The van der Waals surface area contributed by atoms with Gasteiger partial charge in [0.1, 0.15) is 0 Å². The average molecular weight is 140 g/mol. The molecule has 0 amide bonds. The molecule has 0 aliphatic heterocycles. The van der Waals surface area contributed by atoms with E-state index >= 15 is 0 Å². The van der Waals surface area contributed by atoms with Gasteiger partial charge in [0.25, 0.3) is 0 Å². The zero-order valence-corrected chi connectivity index (χ0v) is 7.52. The molecule has 2 saturated carbocycles. The third kappa shape index (κ3) is 1.21. The molecular formula is C8H16Si. The highest BCUT2D eigenvalue weighted by atomic mass is 28.2. The molecular weight excluding hydrogens is 124 g/mol. The first kappa shape index (κ1) is 5.96. The van der Waals surface area contributed by atoms with E-state index in [-0.39, 0.29) is 0 Å². The van der Waals surface area contributed by atoms with Gasteiger partial charge < -0.3 is 0 Å². The van der Waals surface area contributed by atoms with Gasteiger partial charge in [0.05, 0.1) is 0 Å². The normalized spacial score (nSPS) is 29.3. The lowest BCUT2D eigenvalue weighted by atomic mass is 9.98. The molecule has 0 unspecified atom stereocenters. The van der Waals surface area contributed by atoms with Crippen molar-refractivity contribution in [3.8, 4) is 0 Å². The molecule has 9 heavy (non-hydrogen) atoms. The smallest absolute Gasteiger partial charge is 0.0264 e. The van der Waals surface area contributed by atoms with E-state index in [2.05, 4.69) is 0 Å². The standard InChI is InChI=1S/C8H16Si/c1-3-7(4-1)9-8-5-2-6-8/h7-8H,1-6,9H2. The summed E-state index contributed by atoms with van der Waals surface area (Å²) in [7, 11) is 0.434. The highest BCUT2D eigenvalue weighted by Crippen LogP contribution is 2.40. The van der Waals surface area contributed by atoms with E-state index in [1.54, 1.807) is 38.5 Å². The minimum absolute atomic E-state index is 0.434. The third-order valence-electron chi connectivity index (χ3n) is 3.12. The van der Waals surface area contributed by atoms with E-state index in [1.807, 2.05) is 0 Å². The molecule has 2 fully saturated rings. The summed E-state index contributed by atoms with van der Waals surface area (Å²) in [5.41, 5.74) is 2.60. The summed E-state index contributed by atoms with van der Waals surface area (Å²) in [6.45, 7) is 0. The van der Waals surface area contributed by atoms with E-state index in [4.69, 9.17) is 0 Å². The molecule has 0 atom stereocenters. The van der Waals surface area contributed by atoms with Crippen LogP contribution >= 0.6 is 0 Å². The molecule has 1 heteroatoms. The molecule has 0 radical (unpaired) electrons. The quantitative estimate of drug-likeness (QED) is 0.515. The fourth-order valence-corrected chi connectivity index (χ4v) is 4.97. The van der Waals surface area contributed by atoms with Crippen LogP contribution in [0.25, 0.3) is 0 Å². The monoisotopic (exact) mass is 140 g/mol. The zero-order valence-electron chi connectivity index (χ0n) is 6.10. The summed E-state index contributed by atoms with van der Waals surface area (Å²) in [6.07, 6.45) is 9.58. The average Bonchev–Trinajstić information content (AvgIpc) is 1.57. The minimum Gasteiger partial charge on any atom is -0.0534 e. The number of rotatable bonds is 2. The Bertz CT molecular complexity index is 80.7. The summed E-state index contributed by atoms with van der Waals surface area (Å²) in [5.74, 6) is 0. The summed E-state index contributed by atoms with van der Waals surface area (Å²) < 4.78 is 0. The van der Waals surface area contributed by atoms with Crippen LogP contribution in [-0.2, 0) is 0 Å². The first-order valence-electron chi connectivity index (χ1n) is 4.45. The Hall–Kier alpha value is 0.217. The molecule has 2 aliphatic carbocycles. The molecule has 0 saturated heterocycles. The van der Waals surface area contributed by atoms with Crippen molar-refractivity contribution in [3.05, 3.63) is 0 Å². The fourth-order valence-electron chi connectivity index (χ4n) is 1.93. The van der Waals surface area contributed by atoms with Gasteiger partial charge in [-0.15, -0.1) is 0 Å². The Morgan fingerprint density at radius 2 is 1.22 bits per heavy atom. The molecule has 0 nitrogen and oxygen atoms in total. The highest BCUT2D eigenvalue weighted by Gasteiger charge is 2.25. The van der Waals surface area contributed by atoms with Crippen molar-refractivity contribution >= 4 is 9.52 Å². The van der Waals surface area contributed by atoms with Gasteiger partial charge in [0.2, 0.25) is 0 Å². The Balaban J connectivity index is 1.64. The Morgan fingerprint density at radius 3 is 1.44 bits per heavy atom. The third-order valence-corrected chi connectivity index (χ3v) is 6.08. The van der Waals surface area contributed by atoms with Gasteiger partial charge in [-0.3, -0.25) is 0 Å². The fraction of sp³-hybridized carbons (Fsp3) is 1.00. The van der Waals surface area contributed by atoms with Gasteiger partial charge >= 0.3 is 0 Å². The van der Waals surface area contributed by atoms with Gasteiger partial charge in [-0.05, 0) is 0 Å². The number of hydrogen-bond acceptors (Lipinski definition) is 0. The van der Waals surface area contributed by atoms with Crippen LogP contribution in [0.1, 0.15) is 38.5 Å². The van der Waals surface area contributed by atoms with Crippen LogP contribution in [0.4, 0.5) is 0 Å². The second-order valence-electron chi connectivity index (χ2n) is 3.83. The largest absolute Gasteiger partial charge is 0.0534 e. The molecule has 0 N–H and O–H groups in total. The molecule has 0 spiro atoms. The van der Waals surface area contributed by atoms with E-state index in [0.717, 1.165) is 0 Å². The van der Waals surface area contributed by atoms with Crippen molar-refractivity contribution in [3.63, 3.8) is 0 Å². The van der Waals surface area contributed by atoms with E-state index in [0.29, 0.717) is 9.52 Å². The molecule has 0 aromatic heterocycles. The van der Waals surface area contributed by atoms with Crippen molar-refractivity contribution in [2.24, 2.45) is 0 Å². The molecule has 2 rings (SSSR count). The van der Waals surface area contributed by atoms with Gasteiger partial charge in [0.15, 0.2) is 0 Å². The second-order valence-corrected chi connectivity index (χ2v) is 6.61. The predicted octanol–water partition coefficient (Wildman–Crippen LogP) is 2.10. The second kappa shape index (κ2) is 2.45. The van der Waals surface area contributed by atoms with Gasteiger partial charge in [-0.2, -0.15) is 0 Å². The van der Waals surface area contributed by atoms with Crippen LogP contribution < -0.4 is 0 Å². The maximum Gasteiger partial charge on any atom is 0.0264 e. The summed E-state index contributed by atoms with van der Waals surface area (Å²) in [4.78, 5) is 0. The van der Waals surface area contributed by atoms with Crippen LogP contribution in [0.15, 0.2) is 0 Å². The van der Waals surface area contributed by atoms with Crippen molar-refractivity contribution < 1.29 is 0 Å². The maximum absolute atomic E-state index is 1.61. The molecule has 2 aliphatic rings. The first-order chi connectivity index (χ1) is 4.45. The van der Waals surface area contributed by atoms with Crippen molar-refractivity contribution in [2.75, 3.05) is 0 Å². The zero-order chi connectivity index (χ0) is 6.10. The van der Waals surface area contributed by atoms with Crippen molar-refractivity contribution in [1.29, 1.82) is 0 Å². The summed E-state index contributed by atoms with van der Waals surface area (Å²) in [5, 5.41) is 0. The van der Waals surface area contributed by atoms with E-state index in [9.17, 15) is 0 Å². The number of hydrogen-bond donors (Lipinski definition) is 0. The topological polar surface area (TPSA) is 0 Å². The lowest BCUT2D eigenvalue weighted by Crippen LogP contribution is -2.21. The van der Waals surface area contributed by atoms with Gasteiger partial charge in [0, 0.05) is 9.52 Å². The lowest BCUT2D eigenvalue weighted by molar-refractivity contribution is 0.455.